The fourth-order valence-electron chi connectivity index (χ4n) is 0.879. The molecule has 4 nitrogen and oxygen atoms in total. The van der Waals surface area contributed by atoms with Crippen molar-refractivity contribution in [3.8, 4) is 0 Å². The Morgan fingerprint density at radius 1 is 1.36 bits per heavy atom. The van der Waals surface area contributed by atoms with Crippen molar-refractivity contribution >= 4 is 5.97 Å². The molecular formula is C7H4F3NO3. The Labute approximate surface area is 75.0 Å². The van der Waals surface area contributed by atoms with Gasteiger partial charge in [0.25, 0.3) is 0 Å². The van der Waals surface area contributed by atoms with Crippen molar-refractivity contribution in [1.82, 2.24) is 4.98 Å². The maximum Gasteiger partial charge on any atom is 0.418 e. The molecule has 0 atom stereocenters. The minimum atomic E-state index is -4.79. The van der Waals surface area contributed by atoms with Crippen LogP contribution in [0.3, 0.4) is 0 Å². The molecule has 7 heteroatoms. The molecule has 0 saturated heterocycles. The van der Waals surface area contributed by atoms with E-state index < -0.39 is 29.0 Å². The van der Waals surface area contributed by atoms with Crippen molar-refractivity contribution in [3.05, 3.63) is 33.7 Å². The maximum absolute atomic E-state index is 12.2. The van der Waals surface area contributed by atoms with E-state index in [4.69, 9.17) is 5.11 Å². The Morgan fingerprint density at radius 3 is 2.36 bits per heavy atom. The number of hydrogen-bond acceptors (Lipinski definition) is 2. The van der Waals surface area contributed by atoms with Crippen LogP contribution in [0.1, 0.15) is 16.1 Å². The number of carboxylic acid groups (broad SMARTS) is 1. The Bertz CT molecular complexity index is 421. The molecule has 0 spiro atoms. The highest BCUT2D eigenvalue weighted by atomic mass is 19.4. The van der Waals surface area contributed by atoms with Gasteiger partial charge < -0.3 is 10.1 Å². The third kappa shape index (κ3) is 1.93. The molecule has 2 N–H and O–H groups in total. The number of alkyl halides is 3. The van der Waals surface area contributed by atoms with Gasteiger partial charge in [0.15, 0.2) is 0 Å². The average molecular weight is 207 g/mol. The van der Waals surface area contributed by atoms with Crippen molar-refractivity contribution in [1.29, 1.82) is 0 Å². The standard InChI is InChI=1S/C7H4F3NO3/c8-7(9,10)3-1-2-4(12)11-5(3)6(13)14/h1-2H,(H,11,12)(H,13,14). The summed E-state index contributed by atoms with van der Waals surface area (Å²) in [5, 5.41) is 8.38. The number of aromatic nitrogens is 1. The number of nitrogens with one attached hydrogen (secondary N) is 1. The molecule has 0 fully saturated rings. The number of halogens is 3. The van der Waals surface area contributed by atoms with Crippen molar-refractivity contribution < 1.29 is 23.1 Å². The van der Waals surface area contributed by atoms with Crippen LogP contribution in [-0.2, 0) is 6.18 Å². The highest BCUT2D eigenvalue weighted by Crippen LogP contribution is 2.30. The van der Waals surface area contributed by atoms with Crippen LogP contribution >= 0.6 is 0 Å². The quantitative estimate of drug-likeness (QED) is 0.724. The molecule has 0 aliphatic heterocycles. The third-order valence-electron chi connectivity index (χ3n) is 1.44. The SMILES string of the molecule is O=C(O)c1[nH]c(=O)ccc1C(F)(F)F. The fraction of sp³-hybridized carbons (Fsp3) is 0.143. The molecule has 1 aromatic rings. The summed E-state index contributed by atoms with van der Waals surface area (Å²) >= 11 is 0. The van der Waals surface area contributed by atoms with Gasteiger partial charge in [-0.1, -0.05) is 0 Å². The predicted molar refractivity (Wildman–Crippen MR) is 39.0 cm³/mol. The van der Waals surface area contributed by atoms with E-state index in [1.165, 1.54) is 0 Å². The first kappa shape index (κ1) is 10.3. The number of pyridine rings is 1. The lowest BCUT2D eigenvalue weighted by molar-refractivity contribution is -0.138. The van der Waals surface area contributed by atoms with Crippen molar-refractivity contribution in [2.45, 2.75) is 6.18 Å². The monoisotopic (exact) mass is 207 g/mol. The van der Waals surface area contributed by atoms with Crippen molar-refractivity contribution in [3.63, 3.8) is 0 Å². The van der Waals surface area contributed by atoms with Crippen LogP contribution in [0.25, 0.3) is 0 Å². The van der Waals surface area contributed by atoms with Gasteiger partial charge in [0.2, 0.25) is 5.56 Å². The molecular weight excluding hydrogens is 203 g/mol. The van der Waals surface area contributed by atoms with E-state index in [0.29, 0.717) is 12.1 Å². The second-order valence-electron chi connectivity index (χ2n) is 2.41. The molecule has 1 heterocycles. The smallest absolute Gasteiger partial charge is 0.418 e. The van der Waals surface area contributed by atoms with E-state index in [-0.39, 0.29) is 0 Å². The van der Waals surface area contributed by atoms with Gasteiger partial charge in [-0.2, -0.15) is 13.2 Å². The molecule has 0 bridgehead atoms. The molecule has 0 saturated carbocycles. The lowest BCUT2D eigenvalue weighted by Crippen LogP contribution is -2.19. The Balaban J connectivity index is 3.44. The van der Waals surface area contributed by atoms with Crippen molar-refractivity contribution in [2.75, 3.05) is 0 Å². The van der Waals surface area contributed by atoms with Gasteiger partial charge in [-0.15, -0.1) is 0 Å². The maximum atomic E-state index is 12.2. The largest absolute Gasteiger partial charge is 0.477 e. The lowest BCUT2D eigenvalue weighted by Gasteiger charge is -2.08. The molecule has 0 unspecified atom stereocenters. The highest BCUT2D eigenvalue weighted by molar-refractivity contribution is 5.87. The zero-order valence-corrected chi connectivity index (χ0v) is 6.55. The van der Waals surface area contributed by atoms with Crippen LogP contribution in [-0.4, -0.2) is 16.1 Å². The molecule has 1 rings (SSSR count). The van der Waals surface area contributed by atoms with Crippen LogP contribution in [0.2, 0.25) is 0 Å². The van der Waals surface area contributed by atoms with E-state index in [1.807, 2.05) is 0 Å². The third-order valence-corrected chi connectivity index (χ3v) is 1.44. The number of rotatable bonds is 1. The van der Waals surface area contributed by atoms with Gasteiger partial charge in [0.05, 0.1) is 5.56 Å². The first-order valence-corrected chi connectivity index (χ1v) is 3.36. The number of aromatic carboxylic acids is 1. The Hall–Kier alpha value is -1.79. The summed E-state index contributed by atoms with van der Waals surface area (Å²) in [6.07, 6.45) is -4.79. The van der Waals surface area contributed by atoms with E-state index in [9.17, 15) is 22.8 Å². The minimum absolute atomic E-state index is 0.433. The van der Waals surface area contributed by atoms with Crippen LogP contribution in [0, 0.1) is 0 Å². The summed E-state index contributed by atoms with van der Waals surface area (Å²) in [6, 6.07) is 1.05. The summed E-state index contributed by atoms with van der Waals surface area (Å²) in [4.78, 5) is 22.5. The zero-order chi connectivity index (χ0) is 10.9. The molecule has 0 aromatic carbocycles. The van der Waals surface area contributed by atoms with Crippen LogP contribution in [0.15, 0.2) is 16.9 Å². The summed E-state index contributed by atoms with van der Waals surface area (Å²) in [6.45, 7) is 0. The second kappa shape index (κ2) is 3.17. The molecule has 0 amide bonds. The molecule has 0 aliphatic rings. The molecule has 76 valence electrons. The minimum Gasteiger partial charge on any atom is -0.477 e. The van der Waals surface area contributed by atoms with Gasteiger partial charge in [0.1, 0.15) is 5.69 Å². The summed E-state index contributed by atoms with van der Waals surface area (Å²) in [5.74, 6) is -1.82. The first-order chi connectivity index (χ1) is 6.32. The number of hydrogen-bond donors (Lipinski definition) is 2. The zero-order valence-electron chi connectivity index (χ0n) is 6.55. The average Bonchev–Trinajstić information content (AvgIpc) is 2.01. The van der Waals surface area contributed by atoms with E-state index in [0.717, 1.165) is 0 Å². The lowest BCUT2D eigenvalue weighted by atomic mass is 10.2. The van der Waals surface area contributed by atoms with Crippen LogP contribution < -0.4 is 5.56 Å². The van der Waals surface area contributed by atoms with Crippen LogP contribution in [0.5, 0.6) is 0 Å². The number of carboxylic acids is 1. The Kier molecular flexibility index (Phi) is 2.33. The number of carbonyl (C=O) groups is 1. The van der Waals surface area contributed by atoms with Crippen LogP contribution in [0.4, 0.5) is 13.2 Å². The summed E-state index contributed by atoms with van der Waals surface area (Å²) in [7, 11) is 0. The Morgan fingerprint density at radius 2 is 1.93 bits per heavy atom. The predicted octanol–water partition coefficient (Wildman–Crippen LogP) is 1.09. The van der Waals surface area contributed by atoms with Crippen molar-refractivity contribution in [2.24, 2.45) is 0 Å². The number of H-pyrrole nitrogens is 1. The number of aromatic amines is 1. The van der Waals surface area contributed by atoms with Gasteiger partial charge >= 0.3 is 12.1 Å². The van der Waals surface area contributed by atoms with Gasteiger partial charge in [0, 0.05) is 6.07 Å². The molecule has 14 heavy (non-hydrogen) atoms. The fourth-order valence-corrected chi connectivity index (χ4v) is 0.879. The molecule has 0 aliphatic carbocycles. The van der Waals surface area contributed by atoms with Gasteiger partial charge in [-0.3, -0.25) is 4.79 Å². The first-order valence-electron chi connectivity index (χ1n) is 3.36. The highest BCUT2D eigenvalue weighted by Gasteiger charge is 2.35. The summed E-state index contributed by atoms with van der Waals surface area (Å²) < 4.78 is 36.5. The second-order valence-corrected chi connectivity index (χ2v) is 2.41. The topological polar surface area (TPSA) is 70.2 Å². The molecule has 0 radical (unpaired) electrons. The van der Waals surface area contributed by atoms with Gasteiger partial charge in [-0.05, 0) is 6.07 Å². The van der Waals surface area contributed by atoms with E-state index >= 15 is 0 Å². The van der Waals surface area contributed by atoms with E-state index in [1.54, 1.807) is 4.98 Å². The normalized spacial score (nSPS) is 11.4. The molecule has 1 aromatic heterocycles. The van der Waals surface area contributed by atoms with E-state index in [2.05, 4.69) is 0 Å². The van der Waals surface area contributed by atoms with Gasteiger partial charge in [-0.25, -0.2) is 4.79 Å². The summed E-state index contributed by atoms with van der Waals surface area (Å²) in [5.41, 5.74) is -3.41.